The van der Waals surface area contributed by atoms with Crippen molar-refractivity contribution in [2.24, 2.45) is 5.73 Å². The number of nitrogens with two attached hydrogens (primary N) is 1. The first-order valence-corrected chi connectivity index (χ1v) is 9.18. The predicted molar refractivity (Wildman–Crippen MR) is 108 cm³/mol. The second-order valence-electron chi connectivity index (χ2n) is 6.43. The summed E-state index contributed by atoms with van der Waals surface area (Å²) in [5.41, 5.74) is 5.88. The molecule has 0 saturated heterocycles. The minimum Gasteiger partial charge on any atom is -0.370 e. The highest BCUT2D eigenvalue weighted by molar-refractivity contribution is 6.12. The molecule has 2 amide bonds. The molecule has 7 nitrogen and oxygen atoms in total. The molecule has 0 aliphatic carbocycles. The number of benzene rings is 2. The predicted octanol–water partition coefficient (Wildman–Crippen LogP) is 2.33. The molecule has 2 aromatic carbocycles. The van der Waals surface area contributed by atoms with Crippen molar-refractivity contribution in [2.45, 2.75) is 26.3 Å². The normalized spacial score (nSPS) is 10.8. The van der Waals surface area contributed by atoms with Crippen molar-refractivity contribution in [3.05, 3.63) is 70.6 Å². The maximum atomic E-state index is 13.4. The third-order valence-electron chi connectivity index (χ3n) is 4.40. The summed E-state index contributed by atoms with van der Waals surface area (Å²) in [6.07, 6.45) is 0.732. The van der Waals surface area contributed by atoms with Crippen LogP contribution in [0.4, 0.5) is 5.69 Å². The second kappa shape index (κ2) is 8.47. The van der Waals surface area contributed by atoms with E-state index in [0.717, 1.165) is 0 Å². The van der Waals surface area contributed by atoms with E-state index in [1.165, 1.54) is 9.58 Å². The fraction of sp³-hybridized carbons (Fsp3) is 0.238. The van der Waals surface area contributed by atoms with Gasteiger partial charge in [0.2, 0.25) is 5.91 Å². The van der Waals surface area contributed by atoms with Crippen molar-refractivity contribution in [1.29, 1.82) is 0 Å². The van der Waals surface area contributed by atoms with Crippen LogP contribution in [0.25, 0.3) is 10.8 Å². The lowest BCUT2D eigenvalue weighted by atomic mass is 10.1. The van der Waals surface area contributed by atoms with E-state index in [4.69, 9.17) is 5.73 Å². The van der Waals surface area contributed by atoms with Crippen molar-refractivity contribution >= 4 is 28.3 Å². The number of carbonyl (C=O) groups excluding carboxylic acids is 2. The molecule has 0 atom stereocenters. The quantitative estimate of drug-likeness (QED) is 0.682. The molecule has 0 aliphatic heterocycles. The highest BCUT2D eigenvalue weighted by Gasteiger charge is 2.23. The number of rotatable bonds is 7. The molecule has 7 heteroatoms. The summed E-state index contributed by atoms with van der Waals surface area (Å²) in [5, 5.41) is 5.29. The Kier molecular flexibility index (Phi) is 5.84. The van der Waals surface area contributed by atoms with Crippen LogP contribution in [-0.2, 0) is 11.3 Å². The molecular formula is C21H22N4O3. The number of primary amides is 1. The lowest BCUT2D eigenvalue weighted by molar-refractivity contribution is -0.117. The van der Waals surface area contributed by atoms with E-state index in [2.05, 4.69) is 5.10 Å². The third-order valence-corrected chi connectivity index (χ3v) is 4.40. The van der Waals surface area contributed by atoms with Gasteiger partial charge < -0.3 is 10.6 Å². The van der Waals surface area contributed by atoms with Crippen molar-refractivity contribution in [3.8, 4) is 0 Å². The van der Waals surface area contributed by atoms with E-state index in [9.17, 15) is 14.4 Å². The van der Waals surface area contributed by atoms with Gasteiger partial charge in [0.15, 0.2) is 5.69 Å². The van der Waals surface area contributed by atoms with Crippen LogP contribution in [-0.4, -0.2) is 28.1 Å². The Morgan fingerprint density at radius 2 is 1.68 bits per heavy atom. The van der Waals surface area contributed by atoms with Gasteiger partial charge in [0.25, 0.3) is 11.5 Å². The van der Waals surface area contributed by atoms with Crippen LogP contribution in [0.15, 0.2) is 59.4 Å². The van der Waals surface area contributed by atoms with Crippen LogP contribution in [0.2, 0.25) is 0 Å². The molecule has 0 bridgehead atoms. The van der Waals surface area contributed by atoms with Crippen LogP contribution in [0.3, 0.4) is 0 Å². The Morgan fingerprint density at radius 3 is 2.32 bits per heavy atom. The van der Waals surface area contributed by atoms with E-state index < -0.39 is 5.91 Å². The Labute approximate surface area is 162 Å². The van der Waals surface area contributed by atoms with Crippen LogP contribution in [0.5, 0.6) is 0 Å². The van der Waals surface area contributed by atoms with Crippen molar-refractivity contribution in [2.75, 3.05) is 11.4 Å². The average molecular weight is 378 g/mol. The first-order chi connectivity index (χ1) is 13.5. The SMILES string of the molecule is CCCn1nc(C(=O)N(CCC(N)=O)c2ccccc2)c2ccccc2c1=O. The van der Waals surface area contributed by atoms with E-state index in [1.807, 2.05) is 25.1 Å². The Bertz CT molecular complexity index is 1060. The maximum absolute atomic E-state index is 13.4. The Balaban J connectivity index is 2.15. The third kappa shape index (κ3) is 3.93. The summed E-state index contributed by atoms with van der Waals surface area (Å²) >= 11 is 0. The lowest BCUT2D eigenvalue weighted by Crippen LogP contribution is -2.36. The van der Waals surface area contributed by atoms with Gasteiger partial charge in [-0.2, -0.15) is 5.10 Å². The molecule has 0 fully saturated rings. The van der Waals surface area contributed by atoms with E-state index in [1.54, 1.807) is 36.4 Å². The standard InChI is InChI=1S/C21H22N4O3/c1-2-13-25-20(27)17-11-7-6-10-16(17)19(23-25)21(28)24(14-12-18(22)26)15-8-4-3-5-9-15/h3-11H,2,12-14H2,1H3,(H2,22,26). The molecule has 1 aromatic heterocycles. The number of aryl methyl sites for hydroxylation is 1. The minimum absolute atomic E-state index is 0.0210. The van der Waals surface area contributed by atoms with Gasteiger partial charge in [-0.1, -0.05) is 43.3 Å². The molecule has 0 unspecified atom stereocenters. The number of fused-ring (bicyclic) bond motifs is 1. The molecule has 0 spiro atoms. The van der Waals surface area contributed by atoms with Gasteiger partial charge in [0, 0.05) is 30.6 Å². The number of anilines is 1. The zero-order chi connectivity index (χ0) is 20.1. The van der Waals surface area contributed by atoms with Gasteiger partial charge >= 0.3 is 0 Å². The first-order valence-electron chi connectivity index (χ1n) is 9.18. The minimum atomic E-state index is -0.498. The summed E-state index contributed by atoms with van der Waals surface area (Å²) in [6, 6.07) is 16.0. The summed E-state index contributed by atoms with van der Waals surface area (Å²) in [7, 11) is 0. The topological polar surface area (TPSA) is 98.3 Å². The molecule has 1 heterocycles. The lowest BCUT2D eigenvalue weighted by Gasteiger charge is -2.23. The smallest absolute Gasteiger partial charge is 0.279 e. The number of amides is 2. The molecule has 3 aromatic rings. The number of hydrogen-bond donors (Lipinski definition) is 1. The van der Waals surface area contributed by atoms with Gasteiger partial charge in [-0.3, -0.25) is 14.4 Å². The first kappa shape index (κ1) is 19.3. The summed E-state index contributed by atoms with van der Waals surface area (Å²) in [6.45, 7) is 2.48. The fourth-order valence-electron chi connectivity index (χ4n) is 3.06. The number of carbonyl (C=O) groups is 2. The van der Waals surface area contributed by atoms with Crippen molar-refractivity contribution < 1.29 is 9.59 Å². The molecule has 144 valence electrons. The number of hydrogen-bond acceptors (Lipinski definition) is 4. The average Bonchev–Trinajstić information content (AvgIpc) is 2.71. The Hall–Kier alpha value is -3.48. The Morgan fingerprint density at radius 1 is 1.04 bits per heavy atom. The van der Waals surface area contributed by atoms with Gasteiger partial charge in [-0.05, 0) is 24.6 Å². The number of nitrogens with zero attached hydrogens (tertiary/aromatic N) is 3. The summed E-state index contributed by atoms with van der Waals surface area (Å²) < 4.78 is 1.33. The maximum Gasteiger partial charge on any atom is 0.279 e. The van der Waals surface area contributed by atoms with Gasteiger partial charge in [0.05, 0.1) is 5.39 Å². The monoisotopic (exact) mass is 378 g/mol. The highest BCUT2D eigenvalue weighted by atomic mass is 16.2. The molecule has 28 heavy (non-hydrogen) atoms. The molecule has 2 N–H and O–H groups in total. The highest BCUT2D eigenvalue weighted by Crippen LogP contribution is 2.20. The van der Waals surface area contributed by atoms with Gasteiger partial charge in [0.1, 0.15) is 0 Å². The second-order valence-corrected chi connectivity index (χ2v) is 6.43. The van der Waals surface area contributed by atoms with Crippen LogP contribution < -0.4 is 16.2 Å². The molecule has 0 radical (unpaired) electrons. The fourth-order valence-corrected chi connectivity index (χ4v) is 3.06. The van der Waals surface area contributed by atoms with Crippen molar-refractivity contribution in [3.63, 3.8) is 0 Å². The molecular weight excluding hydrogens is 356 g/mol. The summed E-state index contributed by atoms with van der Waals surface area (Å²) in [5.74, 6) is -0.879. The van der Waals surface area contributed by atoms with E-state index >= 15 is 0 Å². The molecule has 0 saturated carbocycles. The van der Waals surface area contributed by atoms with Crippen LogP contribution >= 0.6 is 0 Å². The van der Waals surface area contributed by atoms with Gasteiger partial charge in [-0.15, -0.1) is 0 Å². The largest absolute Gasteiger partial charge is 0.370 e. The molecule has 3 rings (SSSR count). The number of para-hydroxylation sites is 1. The summed E-state index contributed by atoms with van der Waals surface area (Å²) in [4.78, 5) is 38.9. The zero-order valence-electron chi connectivity index (χ0n) is 15.7. The van der Waals surface area contributed by atoms with Crippen molar-refractivity contribution in [1.82, 2.24) is 9.78 Å². The van der Waals surface area contributed by atoms with Gasteiger partial charge in [-0.25, -0.2) is 4.68 Å². The molecule has 0 aliphatic rings. The van der Waals surface area contributed by atoms with Crippen LogP contribution in [0, 0.1) is 0 Å². The van der Waals surface area contributed by atoms with E-state index in [0.29, 0.717) is 29.4 Å². The zero-order valence-corrected chi connectivity index (χ0v) is 15.7. The number of aromatic nitrogens is 2. The van der Waals surface area contributed by atoms with E-state index in [-0.39, 0.29) is 30.1 Å². The van der Waals surface area contributed by atoms with Crippen LogP contribution in [0.1, 0.15) is 30.3 Å².